The fourth-order valence-electron chi connectivity index (χ4n) is 9.49. The van der Waals surface area contributed by atoms with E-state index in [9.17, 15) is 0 Å². The predicted octanol–water partition coefficient (Wildman–Crippen LogP) is 14.7. The molecule has 0 fully saturated rings. The van der Waals surface area contributed by atoms with Crippen LogP contribution >= 0.6 is 11.3 Å². The van der Waals surface area contributed by atoms with Crippen molar-refractivity contribution in [3.8, 4) is 34.0 Å². The van der Waals surface area contributed by atoms with Crippen LogP contribution < -0.4 is 0 Å². The fourth-order valence-corrected chi connectivity index (χ4v) is 10.6. The van der Waals surface area contributed by atoms with Crippen LogP contribution in [-0.4, -0.2) is 19.1 Å². The number of hydrogen-bond acceptors (Lipinski definition) is 3. The number of aromatic nitrogens is 4. The highest BCUT2D eigenvalue weighted by Gasteiger charge is 2.23. The average molecular weight is 769 g/mol. The van der Waals surface area contributed by atoms with Crippen molar-refractivity contribution in [1.82, 2.24) is 19.1 Å². The molecule has 0 spiro atoms. The third-order valence-corrected chi connectivity index (χ3v) is 13.3. The van der Waals surface area contributed by atoms with Crippen LogP contribution in [0.15, 0.2) is 194 Å². The summed E-state index contributed by atoms with van der Waals surface area (Å²) in [6.45, 7) is 0. The van der Waals surface area contributed by atoms with Crippen molar-refractivity contribution in [2.75, 3.05) is 0 Å². The first-order chi connectivity index (χ1) is 29.3. The van der Waals surface area contributed by atoms with E-state index in [1.807, 2.05) is 0 Å². The Hall–Kier alpha value is -7.60. The van der Waals surface area contributed by atoms with E-state index in [1.165, 1.54) is 53.4 Å². The largest absolute Gasteiger partial charge is 0.309 e. The summed E-state index contributed by atoms with van der Waals surface area (Å²) in [5.74, 6) is 0.721. The molecular formula is C54H32N4S. The molecule has 0 N–H and O–H groups in total. The first-order valence-electron chi connectivity index (χ1n) is 20.0. The lowest BCUT2D eigenvalue weighted by Gasteiger charge is -2.13. The summed E-state index contributed by atoms with van der Waals surface area (Å²) in [5, 5.41) is 10.8. The molecule has 0 amide bonds. The van der Waals surface area contributed by atoms with Gasteiger partial charge in [0.05, 0.1) is 38.0 Å². The highest BCUT2D eigenvalue weighted by molar-refractivity contribution is 7.26. The molecule has 4 heterocycles. The second-order valence-corrected chi connectivity index (χ2v) is 16.4. The van der Waals surface area contributed by atoms with Crippen molar-refractivity contribution in [3.63, 3.8) is 0 Å². The van der Waals surface area contributed by atoms with E-state index in [1.54, 1.807) is 11.3 Å². The molecule has 0 saturated heterocycles. The van der Waals surface area contributed by atoms with Gasteiger partial charge in [0.2, 0.25) is 0 Å². The summed E-state index contributed by atoms with van der Waals surface area (Å²) in [4.78, 5) is 11.0. The molecule has 0 aliphatic heterocycles. The van der Waals surface area contributed by atoms with Gasteiger partial charge in [0, 0.05) is 54.1 Å². The van der Waals surface area contributed by atoms with Gasteiger partial charge in [-0.1, -0.05) is 133 Å². The Bertz CT molecular complexity index is 3800. The van der Waals surface area contributed by atoms with Crippen LogP contribution in [-0.2, 0) is 0 Å². The molecule has 5 heteroatoms. The first-order valence-corrected chi connectivity index (χ1v) is 20.8. The Kier molecular flexibility index (Phi) is 6.85. The van der Waals surface area contributed by atoms with Crippen molar-refractivity contribution < 1.29 is 0 Å². The van der Waals surface area contributed by atoms with Gasteiger partial charge in [0.15, 0.2) is 5.82 Å². The molecule has 0 unspecified atom stereocenters. The number of nitrogens with zero attached hydrogens (tertiary/aromatic N) is 4. The van der Waals surface area contributed by atoms with Gasteiger partial charge in [-0.25, -0.2) is 9.97 Å². The molecule has 0 bridgehead atoms. The molecule has 4 nitrogen and oxygen atoms in total. The Labute approximate surface area is 342 Å². The average Bonchev–Trinajstić information content (AvgIpc) is 3.96. The Morgan fingerprint density at radius 3 is 1.81 bits per heavy atom. The summed E-state index contributed by atoms with van der Waals surface area (Å²) in [6.07, 6.45) is 0. The van der Waals surface area contributed by atoms with E-state index in [-0.39, 0.29) is 0 Å². The maximum atomic E-state index is 5.55. The molecule has 59 heavy (non-hydrogen) atoms. The van der Waals surface area contributed by atoms with Crippen LogP contribution in [0.3, 0.4) is 0 Å². The Morgan fingerprint density at radius 2 is 1.02 bits per heavy atom. The molecule has 4 aromatic heterocycles. The molecule has 0 aliphatic rings. The third-order valence-electron chi connectivity index (χ3n) is 12.1. The number of thiophene rings is 1. The minimum atomic E-state index is 0.721. The van der Waals surface area contributed by atoms with Gasteiger partial charge in [-0.3, -0.25) is 0 Å². The zero-order chi connectivity index (χ0) is 38.6. The summed E-state index contributed by atoms with van der Waals surface area (Å²) < 4.78 is 7.14. The van der Waals surface area contributed by atoms with E-state index < -0.39 is 0 Å². The van der Waals surface area contributed by atoms with Crippen molar-refractivity contribution in [2.24, 2.45) is 0 Å². The number of benzene rings is 9. The summed E-state index contributed by atoms with van der Waals surface area (Å²) in [6, 6.07) is 70.1. The van der Waals surface area contributed by atoms with Crippen LogP contribution in [0.25, 0.3) is 119 Å². The molecule has 0 atom stereocenters. The number of hydrogen-bond donors (Lipinski definition) is 0. The van der Waals surface area contributed by atoms with Gasteiger partial charge in [-0.15, -0.1) is 11.3 Å². The SMILES string of the molecule is c1ccc(-n2c3ccc(-n4c5ccccc5c5ccccc54)cc3c3c4ccccc4c(-c4nc(-c5ccc6ccccc6c5)c5sc6ccccc6c5n4)cc32)cc1. The molecular weight excluding hydrogens is 737 g/mol. The van der Waals surface area contributed by atoms with Gasteiger partial charge >= 0.3 is 0 Å². The van der Waals surface area contributed by atoms with Crippen LogP contribution in [0, 0.1) is 0 Å². The van der Waals surface area contributed by atoms with E-state index in [2.05, 4.69) is 203 Å². The van der Waals surface area contributed by atoms with Crippen molar-refractivity contribution in [2.45, 2.75) is 0 Å². The van der Waals surface area contributed by atoms with Crippen LogP contribution in [0.2, 0.25) is 0 Å². The molecule has 0 aliphatic carbocycles. The summed E-state index contributed by atoms with van der Waals surface area (Å²) in [7, 11) is 0. The summed E-state index contributed by atoms with van der Waals surface area (Å²) >= 11 is 1.77. The normalized spacial score (nSPS) is 12.1. The Balaban J connectivity index is 1.14. The topological polar surface area (TPSA) is 35.6 Å². The number of fused-ring (bicyclic) bond motifs is 12. The van der Waals surface area contributed by atoms with Gasteiger partial charge in [0.1, 0.15) is 0 Å². The van der Waals surface area contributed by atoms with Crippen molar-refractivity contribution >= 4 is 96.8 Å². The fraction of sp³-hybridized carbons (Fsp3) is 0. The van der Waals surface area contributed by atoms with Gasteiger partial charge in [-0.05, 0) is 82.2 Å². The standard InChI is InChI=1S/C54H32N4S/c1-2-16-36(17-3-1)57-47-29-28-37(58-45-23-11-8-19-39(45)40-20-9-12-24-46(40)58)31-44(47)50-41-21-7-6-18-38(41)43(32-48(50)57)54-55-51(35-27-26-33-14-4-5-15-34(33)30-35)53-52(56-54)42-22-10-13-25-49(42)59-53/h1-32H. The lowest BCUT2D eigenvalue weighted by Crippen LogP contribution is -1.97. The zero-order valence-electron chi connectivity index (χ0n) is 31.7. The van der Waals surface area contributed by atoms with E-state index in [4.69, 9.17) is 9.97 Å². The molecule has 0 radical (unpaired) electrons. The van der Waals surface area contributed by atoms with Gasteiger partial charge in [0.25, 0.3) is 0 Å². The minimum Gasteiger partial charge on any atom is -0.309 e. The highest BCUT2D eigenvalue weighted by atomic mass is 32.1. The first kappa shape index (κ1) is 32.5. The van der Waals surface area contributed by atoms with E-state index >= 15 is 0 Å². The molecule has 13 aromatic rings. The molecule has 13 rings (SSSR count). The third kappa shape index (κ3) is 4.77. The molecule has 9 aromatic carbocycles. The Morgan fingerprint density at radius 1 is 0.390 bits per heavy atom. The quantitative estimate of drug-likeness (QED) is 0.179. The highest BCUT2D eigenvalue weighted by Crippen LogP contribution is 2.45. The van der Waals surface area contributed by atoms with Crippen LogP contribution in [0.1, 0.15) is 0 Å². The minimum absolute atomic E-state index is 0.721. The second-order valence-electron chi connectivity index (χ2n) is 15.3. The number of rotatable bonds is 4. The molecule has 0 saturated carbocycles. The van der Waals surface area contributed by atoms with E-state index in [0.717, 1.165) is 66.0 Å². The maximum absolute atomic E-state index is 5.55. The summed E-state index contributed by atoms with van der Waals surface area (Å²) in [5.41, 5.74) is 10.9. The van der Waals surface area contributed by atoms with Crippen molar-refractivity contribution in [1.29, 1.82) is 0 Å². The van der Waals surface area contributed by atoms with Crippen LogP contribution in [0.5, 0.6) is 0 Å². The van der Waals surface area contributed by atoms with E-state index in [0.29, 0.717) is 0 Å². The van der Waals surface area contributed by atoms with Gasteiger partial charge < -0.3 is 9.13 Å². The molecule has 274 valence electrons. The smallest absolute Gasteiger partial charge is 0.161 e. The lowest BCUT2D eigenvalue weighted by molar-refractivity contribution is 1.16. The zero-order valence-corrected chi connectivity index (χ0v) is 32.5. The van der Waals surface area contributed by atoms with Crippen molar-refractivity contribution in [3.05, 3.63) is 194 Å². The maximum Gasteiger partial charge on any atom is 0.161 e. The number of para-hydroxylation sites is 3. The predicted molar refractivity (Wildman–Crippen MR) is 249 cm³/mol. The second kappa shape index (κ2) is 12.4. The van der Waals surface area contributed by atoms with Gasteiger partial charge in [-0.2, -0.15) is 0 Å². The lowest BCUT2D eigenvalue weighted by atomic mass is 9.98. The monoisotopic (exact) mass is 768 g/mol. The van der Waals surface area contributed by atoms with Crippen LogP contribution in [0.4, 0.5) is 0 Å².